The molecular weight excluding hydrogens is 314 g/mol. The molecule has 0 aromatic carbocycles. The van der Waals surface area contributed by atoms with Gasteiger partial charge in [-0.15, -0.1) is 22.9 Å². The van der Waals surface area contributed by atoms with E-state index in [2.05, 4.69) is 13.8 Å². The highest BCUT2D eigenvalue weighted by Gasteiger charge is 2.29. The normalized spacial score (nSPS) is 22.1. The Bertz CT molecular complexity index is 539. The van der Waals surface area contributed by atoms with E-state index < -0.39 is 10.0 Å². The van der Waals surface area contributed by atoms with Crippen LogP contribution in [0.4, 0.5) is 0 Å². The summed E-state index contributed by atoms with van der Waals surface area (Å²) in [6, 6.07) is 1.71. The number of nitrogens with zero attached hydrogens (tertiary/aromatic N) is 1. The van der Waals surface area contributed by atoms with Gasteiger partial charge < -0.3 is 0 Å². The van der Waals surface area contributed by atoms with Crippen LogP contribution >= 0.6 is 22.9 Å². The molecule has 0 spiro atoms. The summed E-state index contributed by atoms with van der Waals surface area (Å²) in [4.78, 5) is 0. The van der Waals surface area contributed by atoms with Crippen LogP contribution in [0.2, 0.25) is 0 Å². The van der Waals surface area contributed by atoms with Crippen molar-refractivity contribution in [2.75, 3.05) is 13.1 Å². The molecule has 2 rings (SSSR count). The molecule has 1 unspecified atom stereocenters. The molecule has 1 saturated heterocycles. The number of halogens is 1. The van der Waals surface area contributed by atoms with Gasteiger partial charge in [-0.1, -0.05) is 13.8 Å². The van der Waals surface area contributed by atoms with E-state index in [1.807, 2.05) is 5.38 Å². The summed E-state index contributed by atoms with van der Waals surface area (Å²) in [7, 11) is -3.33. The molecule has 20 heavy (non-hydrogen) atoms. The summed E-state index contributed by atoms with van der Waals surface area (Å²) < 4.78 is 27.4. The monoisotopic (exact) mass is 335 g/mol. The van der Waals surface area contributed by atoms with Crippen molar-refractivity contribution in [3.8, 4) is 0 Å². The minimum Gasteiger partial charge on any atom is -0.206 e. The van der Waals surface area contributed by atoms with Crippen LogP contribution in [0.1, 0.15) is 38.7 Å². The molecule has 0 bridgehead atoms. The summed E-state index contributed by atoms with van der Waals surface area (Å²) in [6.07, 6.45) is 3.04. The Morgan fingerprint density at radius 3 is 2.75 bits per heavy atom. The highest BCUT2D eigenvalue weighted by atomic mass is 35.5. The fourth-order valence-corrected chi connectivity index (χ4v) is 5.79. The number of thiophene rings is 1. The second-order valence-electron chi connectivity index (χ2n) is 5.75. The SMILES string of the molecule is CC(C)C1CCCN(S(=O)(=O)c2cc(CCl)cs2)CC1. The first-order valence-electron chi connectivity index (χ1n) is 7.08. The van der Waals surface area contributed by atoms with Gasteiger partial charge >= 0.3 is 0 Å². The minimum absolute atomic E-state index is 0.363. The van der Waals surface area contributed by atoms with Gasteiger partial charge in [0.25, 0.3) is 10.0 Å². The standard InChI is InChI=1S/C14H22ClNO2S2/c1-11(2)13-4-3-6-16(7-5-13)20(17,18)14-8-12(9-15)10-19-14/h8,10-11,13H,3-7,9H2,1-2H3. The molecule has 1 aliphatic rings. The number of rotatable bonds is 4. The molecule has 0 radical (unpaired) electrons. The number of alkyl halides is 1. The second-order valence-corrected chi connectivity index (χ2v) is 9.09. The Morgan fingerprint density at radius 1 is 1.40 bits per heavy atom. The third kappa shape index (κ3) is 3.56. The lowest BCUT2D eigenvalue weighted by atomic mass is 9.89. The summed E-state index contributed by atoms with van der Waals surface area (Å²) in [5.41, 5.74) is 0.880. The van der Waals surface area contributed by atoms with E-state index in [1.54, 1.807) is 10.4 Å². The fraction of sp³-hybridized carbons (Fsp3) is 0.714. The van der Waals surface area contributed by atoms with Crippen LogP contribution in [0.15, 0.2) is 15.7 Å². The zero-order valence-corrected chi connectivity index (χ0v) is 14.4. The molecule has 1 fully saturated rings. The van der Waals surface area contributed by atoms with Crippen LogP contribution in [-0.2, 0) is 15.9 Å². The predicted octanol–water partition coefficient (Wildman–Crippen LogP) is 3.93. The third-order valence-corrected chi connectivity index (χ3v) is 7.72. The number of sulfonamides is 1. The number of hydrogen-bond donors (Lipinski definition) is 0. The summed E-state index contributed by atoms with van der Waals surface area (Å²) in [5.74, 6) is 1.63. The second kappa shape index (κ2) is 6.77. The third-order valence-electron chi connectivity index (χ3n) is 4.05. The van der Waals surface area contributed by atoms with E-state index >= 15 is 0 Å². The smallest absolute Gasteiger partial charge is 0.206 e. The van der Waals surface area contributed by atoms with Gasteiger partial charge in [0, 0.05) is 19.0 Å². The van der Waals surface area contributed by atoms with Crippen molar-refractivity contribution in [1.82, 2.24) is 4.31 Å². The molecule has 1 atom stereocenters. The van der Waals surface area contributed by atoms with Gasteiger partial charge in [0.1, 0.15) is 4.21 Å². The summed E-state index contributed by atoms with van der Waals surface area (Å²) >= 11 is 7.03. The molecule has 0 N–H and O–H groups in total. The molecular formula is C14H22ClNO2S2. The Labute approximate surface area is 131 Å². The fourth-order valence-electron chi connectivity index (χ4n) is 2.69. The van der Waals surface area contributed by atoms with E-state index in [1.165, 1.54) is 11.3 Å². The maximum absolute atomic E-state index is 12.6. The van der Waals surface area contributed by atoms with E-state index in [4.69, 9.17) is 11.6 Å². The van der Waals surface area contributed by atoms with Gasteiger partial charge in [-0.25, -0.2) is 8.42 Å². The van der Waals surface area contributed by atoms with Gasteiger partial charge in [-0.3, -0.25) is 0 Å². The average molecular weight is 336 g/mol. The predicted molar refractivity (Wildman–Crippen MR) is 84.8 cm³/mol. The van der Waals surface area contributed by atoms with E-state index in [0.717, 1.165) is 24.8 Å². The van der Waals surface area contributed by atoms with Gasteiger partial charge in [-0.2, -0.15) is 4.31 Å². The molecule has 2 heterocycles. The Kier molecular flexibility index (Phi) is 5.51. The molecule has 3 nitrogen and oxygen atoms in total. The Balaban J connectivity index is 2.13. The maximum Gasteiger partial charge on any atom is 0.252 e. The summed E-state index contributed by atoms with van der Waals surface area (Å²) in [6.45, 7) is 5.72. The molecule has 0 saturated carbocycles. The molecule has 1 aromatic rings. The Hall–Kier alpha value is -0.100. The molecule has 0 amide bonds. The first-order valence-corrected chi connectivity index (χ1v) is 9.94. The van der Waals surface area contributed by atoms with Crippen molar-refractivity contribution in [3.05, 3.63) is 17.0 Å². The van der Waals surface area contributed by atoms with Crippen LogP contribution in [0.5, 0.6) is 0 Å². The van der Waals surface area contributed by atoms with Crippen molar-refractivity contribution in [2.24, 2.45) is 11.8 Å². The number of hydrogen-bond acceptors (Lipinski definition) is 3. The van der Waals surface area contributed by atoms with Crippen molar-refractivity contribution in [3.63, 3.8) is 0 Å². The lowest BCUT2D eigenvalue weighted by Gasteiger charge is -2.20. The van der Waals surface area contributed by atoms with Gasteiger partial charge in [-0.05, 0) is 48.1 Å². The van der Waals surface area contributed by atoms with Crippen molar-refractivity contribution in [1.29, 1.82) is 0 Å². The van der Waals surface area contributed by atoms with Crippen LogP contribution in [0, 0.1) is 11.8 Å². The first kappa shape index (κ1) is 16.3. The highest BCUT2D eigenvalue weighted by Crippen LogP contribution is 2.30. The van der Waals surface area contributed by atoms with Crippen molar-refractivity contribution in [2.45, 2.75) is 43.2 Å². The molecule has 1 aromatic heterocycles. The molecule has 114 valence electrons. The van der Waals surface area contributed by atoms with Crippen LogP contribution in [0.3, 0.4) is 0 Å². The zero-order valence-electron chi connectivity index (χ0n) is 12.0. The Morgan fingerprint density at radius 2 is 2.15 bits per heavy atom. The lowest BCUT2D eigenvalue weighted by Crippen LogP contribution is -2.31. The van der Waals surface area contributed by atoms with Crippen LogP contribution < -0.4 is 0 Å². The van der Waals surface area contributed by atoms with Crippen LogP contribution in [0.25, 0.3) is 0 Å². The van der Waals surface area contributed by atoms with Gasteiger partial charge in [0.2, 0.25) is 0 Å². The summed E-state index contributed by atoms with van der Waals surface area (Å²) in [5, 5.41) is 1.83. The highest BCUT2D eigenvalue weighted by molar-refractivity contribution is 7.91. The maximum atomic E-state index is 12.6. The molecule has 0 aliphatic carbocycles. The van der Waals surface area contributed by atoms with Crippen molar-refractivity contribution < 1.29 is 8.42 Å². The topological polar surface area (TPSA) is 37.4 Å². The van der Waals surface area contributed by atoms with E-state index in [9.17, 15) is 8.42 Å². The largest absolute Gasteiger partial charge is 0.252 e. The van der Waals surface area contributed by atoms with E-state index in [-0.39, 0.29) is 0 Å². The lowest BCUT2D eigenvalue weighted by molar-refractivity contribution is 0.341. The van der Waals surface area contributed by atoms with Crippen molar-refractivity contribution >= 4 is 33.0 Å². The van der Waals surface area contributed by atoms with Crippen LogP contribution in [-0.4, -0.2) is 25.8 Å². The first-order chi connectivity index (χ1) is 9.45. The minimum atomic E-state index is -3.33. The molecule has 1 aliphatic heterocycles. The van der Waals surface area contributed by atoms with Gasteiger partial charge in [0.15, 0.2) is 0 Å². The van der Waals surface area contributed by atoms with Gasteiger partial charge in [0.05, 0.1) is 0 Å². The average Bonchev–Trinajstić information content (AvgIpc) is 2.75. The molecule has 6 heteroatoms. The van der Waals surface area contributed by atoms with E-state index in [0.29, 0.717) is 35.0 Å². The quantitative estimate of drug-likeness (QED) is 0.782. The zero-order chi connectivity index (χ0) is 14.8.